The van der Waals surface area contributed by atoms with E-state index < -0.39 is 28.7 Å². The quantitative estimate of drug-likeness (QED) is 0.235. The molecule has 232 valence electrons. The van der Waals surface area contributed by atoms with E-state index in [0.717, 1.165) is 17.4 Å². The van der Waals surface area contributed by atoms with Gasteiger partial charge in [-0.05, 0) is 18.2 Å². The van der Waals surface area contributed by atoms with Gasteiger partial charge in [0.15, 0.2) is 17.1 Å². The predicted octanol–water partition coefficient (Wildman–Crippen LogP) is 1.89. The second-order valence-electron chi connectivity index (χ2n) is 10.4. The van der Waals surface area contributed by atoms with Gasteiger partial charge in [-0.2, -0.15) is 9.50 Å². The highest BCUT2D eigenvalue weighted by Gasteiger charge is 2.26. The summed E-state index contributed by atoms with van der Waals surface area (Å²) in [6.45, 7) is 3.02. The first-order chi connectivity index (χ1) is 21.1. The first-order valence-electron chi connectivity index (χ1n) is 13.7. The molecule has 44 heavy (non-hydrogen) atoms. The Morgan fingerprint density at radius 1 is 1.16 bits per heavy atom. The van der Waals surface area contributed by atoms with Gasteiger partial charge in [0.2, 0.25) is 11.8 Å². The summed E-state index contributed by atoms with van der Waals surface area (Å²) >= 11 is -0.0941. The first-order valence-corrected chi connectivity index (χ1v) is 16.3. The average molecular weight is 646 g/mol. The smallest absolute Gasteiger partial charge is 0.309 e. The molecule has 0 radical (unpaired) electrons. The second-order valence-corrected chi connectivity index (χ2v) is 12.9. The summed E-state index contributed by atoms with van der Waals surface area (Å²) in [5.74, 6) is -1.15. The van der Waals surface area contributed by atoms with Gasteiger partial charge in [0.1, 0.15) is 22.1 Å². The van der Waals surface area contributed by atoms with E-state index >= 15 is 0 Å². The van der Waals surface area contributed by atoms with Crippen molar-refractivity contribution in [3.05, 3.63) is 57.4 Å². The molecular weight excluding hydrogens is 616 g/mol. The lowest BCUT2D eigenvalue weighted by Gasteiger charge is -2.36. The molecule has 1 aliphatic heterocycles. The number of piperazine rings is 1. The van der Waals surface area contributed by atoms with E-state index in [4.69, 9.17) is 10.2 Å². The molecule has 1 unspecified atom stereocenters. The molecule has 1 fully saturated rings. The molecule has 1 saturated heterocycles. The van der Waals surface area contributed by atoms with Crippen LogP contribution in [0.5, 0.6) is 0 Å². The number of nitrogens with zero attached hydrogens (tertiary/aromatic N) is 8. The fourth-order valence-electron chi connectivity index (χ4n) is 5.11. The standard InChI is InChI=1S/C27H29F2N9O4S2/c1-34(11-13-44(2)41)25(39)16-14-19(18(29)15-17(16)28)36-8-5-35(6-9-36)7-10-37-23-21(43-27(37)40)24-31-22(20-4-3-12-42-20)33-38(24)26(30)32-23/h3-4,12,14-15H,5-11,13H2,1-2H3,(H2,30,32). The van der Waals surface area contributed by atoms with E-state index in [-0.39, 0.29) is 34.4 Å². The predicted molar refractivity (Wildman–Crippen MR) is 163 cm³/mol. The Morgan fingerprint density at radius 2 is 1.93 bits per heavy atom. The lowest BCUT2D eigenvalue weighted by atomic mass is 10.1. The molecule has 0 saturated carbocycles. The largest absolute Gasteiger partial charge is 0.617 e. The molecule has 5 heterocycles. The number of nitrogens with two attached hydrogens (primary N) is 1. The number of furan rings is 1. The van der Waals surface area contributed by atoms with E-state index in [1.165, 1.54) is 35.0 Å². The monoisotopic (exact) mass is 645 g/mol. The Balaban J connectivity index is 1.14. The molecule has 5 aromatic rings. The van der Waals surface area contributed by atoms with Crippen molar-refractivity contribution in [3.63, 3.8) is 0 Å². The summed E-state index contributed by atoms with van der Waals surface area (Å²) in [5, 5.41) is 4.37. The van der Waals surface area contributed by atoms with Crippen LogP contribution in [0, 0.1) is 11.6 Å². The Hall–Kier alpha value is -4.06. The number of anilines is 2. The Labute approximate surface area is 256 Å². The van der Waals surface area contributed by atoms with Gasteiger partial charge >= 0.3 is 4.87 Å². The highest BCUT2D eigenvalue weighted by Crippen LogP contribution is 2.27. The number of rotatable bonds is 9. The number of carbonyl (C=O) groups excluding carboxylic acids is 1. The Morgan fingerprint density at radius 3 is 2.64 bits per heavy atom. The topological polar surface area (TPSA) is 154 Å². The van der Waals surface area contributed by atoms with E-state index in [1.54, 1.807) is 21.6 Å². The van der Waals surface area contributed by atoms with Crippen molar-refractivity contribution in [2.75, 3.05) is 69.0 Å². The van der Waals surface area contributed by atoms with Crippen molar-refractivity contribution < 1.29 is 22.5 Å². The highest BCUT2D eigenvalue weighted by molar-refractivity contribution is 7.90. The Bertz CT molecular complexity index is 1880. The minimum Gasteiger partial charge on any atom is -0.617 e. The van der Waals surface area contributed by atoms with Crippen LogP contribution in [0.3, 0.4) is 0 Å². The molecule has 1 atom stereocenters. The molecule has 1 amide bonds. The molecule has 17 heteroatoms. The number of hydrogen-bond donors (Lipinski definition) is 1. The van der Waals surface area contributed by atoms with Gasteiger partial charge in [-0.1, -0.05) is 22.5 Å². The molecule has 0 spiro atoms. The molecule has 13 nitrogen and oxygen atoms in total. The fourth-order valence-corrected chi connectivity index (χ4v) is 6.57. The molecule has 6 rings (SSSR count). The van der Waals surface area contributed by atoms with E-state index in [9.17, 15) is 22.9 Å². The van der Waals surface area contributed by atoms with E-state index in [0.29, 0.717) is 66.8 Å². The molecule has 1 aliphatic rings. The minimum absolute atomic E-state index is 0.0867. The fraction of sp³-hybridized carbons (Fsp3) is 0.370. The maximum atomic E-state index is 14.9. The van der Waals surface area contributed by atoms with E-state index in [2.05, 4.69) is 20.0 Å². The molecule has 2 N–H and O–H groups in total. The van der Waals surface area contributed by atoms with Crippen molar-refractivity contribution in [1.82, 2.24) is 33.9 Å². The number of benzene rings is 1. The molecule has 0 bridgehead atoms. The summed E-state index contributed by atoms with van der Waals surface area (Å²) < 4.78 is 49.7. The van der Waals surface area contributed by atoms with Crippen LogP contribution in [0.4, 0.5) is 20.4 Å². The molecular formula is C27H29F2N9O4S2. The van der Waals surface area contributed by atoms with Gasteiger partial charge in [0, 0.05) is 52.4 Å². The number of amides is 1. The molecule has 4 aromatic heterocycles. The number of thiazole rings is 1. The number of halogens is 2. The Kier molecular flexibility index (Phi) is 8.28. The maximum Gasteiger partial charge on any atom is 0.309 e. The number of carbonyl (C=O) groups is 1. The zero-order chi connectivity index (χ0) is 31.1. The molecule has 1 aromatic carbocycles. The minimum atomic E-state index is -1.11. The van der Waals surface area contributed by atoms with Crippen LogP contribution in [0.2, 0.25) is 0 Å². The third-order valence-electron chi connectivity index (χ3n) is 7.54. The second kappa shape index (κ2) is 12.1. The zero-order valence-corrected chi connectivity index (χ0v) is 25.5. The van der Waals surface area contributed by atoms with Crippen molar-refractivity contribution in [2.24, 2.45) is 0 Å². The van der Waals surface area contributed by atoms with Crippen LogP contribution in [0.25, 0.3) is 27.6 Å². The van der Waals surface area contributed by atoms with Crippen LogP contribution in [0.15, 0.2) is 39.7 Å². The van der Waals surface area contributed by atoms with Crippen molar-refractivity contribution >= 4 is 56.0 Å². The van der Waals surface area contributed by atoms with Crippen LogP contribution in [-0.2, 0) is 17.7 Å². The van der Waals surface area contributed by atoms with Gasteiger partial charge in [0.05, 0.1) is 30.3 Å². The van der Waals surface area contributed by atoms with Crippen LogP contribution in [-0.4, -0.2) is 103 Å². The molecule has 0 aliphatic carbocycles. The lowest BCUT2D eigenvalue weighted by molar-refractivity contribution is 0.0798. The highest BCUT2D eigenvalue weighted by atomic mass is 32.2. The van der Waals surface area contributed by atoms with Gasteiger partial charge in [0.25, 0.3) is 5.91 Å². The number of hydrogen-bond acceptors (Lipinski definition) is 11. The van der Waals surface area contributed by atoms with Crippen LogP contribution in [0.1, 0.15) is 10.4 Å². The number of fused-ring (bicyclic) bond motifs is 3. The van der Waals surface area contributed by atoms with Gasteiger partial charge in [-0.25, -0.2) is 13.8 Å². The van der Waals surface area contributed by atoms with E-state index in [1.807, 2.05) is 0 Å². The van der Waals surface area contributed by atoms with Crippen molar-refractivity contribution in [3.8, 4) is 11.6 Å². The van der Waals surface area contributed by atoms with Crippen LogP contribution < -0.4 is 15.5 Å². The third kappa shape index (κ3) is 5.74. The SMILES string of the molecule is CN(CC[S+](C)[O-])C(=O)c1cc(N2CCN(CCn3c(=O)sc4c3nc(N)n3nc(-c5ccco5)nc43)CC2)c(F)cc1F. The number of nitrogen functional groups attached to an aromatic ring is 1. The van der Waals surface area contributed by atoms with Gasteiger partial charge < -0.3 is 24.5 Å². The maximum absolute atomic E-state index is 14.9. The third-order valence-corrected chi connectivity index (χ3v) is 9.26. The lowest BCUT2D eigenvalue weighted by Crippen LogP contribution is -2.47. The zero-order valence-electron chi connectivity index (χ0n) is 23.9. The number of aromatic nitrogens is 5. The first kappa shape index (κ1) is 30.0. The van der Waals surface area contributed by atoms with Gasteiger partial charge in [-0.3, -0.25) is 19.1 Å². The normalized spacial score (nSPS) is 15.0. The van der Waals surface area contributed by atoms with Crippen LogP contribution >= 0.6 is 11.3 Å². The van der Waals surface area contributed by atoms with Crippen molar-refractivity contribution in [1.29, 1.82) is 0 Å². The summed E-state index contributed by atoms with van der Waals surface area (Å²) in [7, 11) is 1.50. The summed E-state index contributed by atoms with van der Waals surface area (Å²) in [6.07, 6.45) is 3.04. The summed E-state index contributed by atoms with van der Waals surface area (Å²) in [4.78, 5) is 39.8. The van der Waals surface area contributed by atoms with Gasteiger partial charge in [-0.15, -0.1) is 5.10 Å². The summed E-state index contributed by atoms with van der Waals surface area (Å²) in [6, 6.07) is 5.43. The summed E-state index contributed by atoms with van der Waals surface area (Å²) in [5.41, 5.74) is 6.92. The van der Waals surface area contributed by atoms with Crippen molar-refractivity contribution in [2.45, 2.75) is 6.54 Å². The average Bonchev–Trinajstić information content (AvgIpc) is 3.74.